The number of carbonyl (C=O) groups excluding carboxylic acids is 1. The third-order valence-electron chi connectivity index (χ3n) is 3.20. The molecule has 0 radical (unpaired) electrons. The second kappa shape index (κ2) is 6.87. The fraction of sp³-hybridized carbons (Fsp3) is 0.267. The zero-order valence-corrected chi connectivity index (χ0v) is 13.3. The zero-order chi connectivity index (χ0) is 15.4. The van der Waals surface area contributed by atoms with Crippen LogP contribution in [0.3, 0.4) is 0 Å². The molecule has 2 rings (SSSR count). The van der Waals surface area contributed by atoms with Gasteiger partial charge in [-0.2, -0.15) is 0 Å². The van der Waals surface area contributed by atoms with Gasteiger partial charge in [0.15, 0.2) is 10.3 Å². The van der Waals surface area contributed by atoms with Crippen LogP contribution in [0.2, 0.25) is 10.3 Å². The van der Waals surface area contributed by atoms with Crippen molar-refractivity contribution in [2.45, 2.75) is 26.7 Å². The molecule has 21 heavy (non-hydrogen) atoms. The maximum absolute atomic E-state index is 12.4. The molecule has 0 fully saturated rings. The van der Waals surface area contributed by atoms with E-state index in [9.17, 15) is 4.79 Å². The van der Waals surface area contributed by atoms with Gasteiger partial charge in [-0.3, -0.25) is 4.79 Å². The predicted octanol–water partition coefficient (Wildman–Crippen LogP) is 4.16. The lowest BCUT2D eigenvalue weighted by atomic mass is 10.0. The van der Waals surface area contributed by atoms with Crippen LogP contribution in [0, 0.1) is 0 Å². The lowest BCUT2D eigenvalue weighted by Crippen LogP contribution is -2.16. The van der Waals surface area contributed by atoms with Crippen LogP contribution < -0.4 is 5.32 Å². The summed E-state index contributed by atoms with van der Waals surface area (Å²) in [5, 5.41) is 10.3. The Balaban J connectivity index is 2.38. The number of aryl methyl sites for hydroxylation is 2. The van der Waals surface area contributed by atoms with Gasteiger partial charge in [-0.05, 0) is 30.0 Å². The van der Waals surface area contributed by atoms with Gasteiger partial charge in [-0.1, -0.05) is 55.2 Å². The number of benzene rings is 1. The molecule has 2 aromatic rings. The first kappa shape index (κ1) is 15.7. The molecule has 0 saturated carbocycles. The number of halogens is 2. The Labute approximate surface area is 133 Å². The number of nitrogens with one attached hydrogen (secondary N) is 1. The normalized spacial score (nSPS) is 10.5. The number of anilines is 1. The minimum atomic E-state index is -0.340. The maximum Gasteiger partial charge on any atom is 0.258 e. The molecule has 1 N–H and O–H groups in total. The van der Waals surface area contributed by atoms with Crippen molar-refractivity contribution in [2.75, 3.05) is 5.32 Å². The van der Waals surface area contributed by atoms with E-state index in [0.29, 0.717) is 0 Å². The van der Waals surface area contributed by atoms with Crippen LogP contribution in [-0.4, -0.2) is 16.1 Å². The number of para-hydroxylation sites is 1. The van der Waals surface area contributed by atoms with Crippen molar-refractivity contribution in [3.63, 3.8) is 0 Å². The van der Waals surface area contributed by atoms with Crippen molar-refractivity contribution >= 4 is 34.8 Å². The highest BCUT2D eigenvalue weighted by atomic mass is 35.5. The van der Waals surface area contributed by atoms with E-state index in [-0.39, 0.29) is 21.8 Å². The Morgan fingerprint density at radius 2 is 1.76 bits per heavy atom. The topological polar surface area (TPSA) is 54.9 Å². The minimum absolute atomic E-state index is 0.0314. The fourth-order valence-corrected chi connectivity index (χ4v) is 2.42. The van der Waals surface area contributed by atoms with Gasteiger partial charge in [0.1, 0.15) is 0 Å². The Hall–Kier alpha value is -1.65. The quantitative estimate of drug-likeness (QED) is 0.919. The Morgan fingerprint density at radius 1 is 1.14 bits per heavy atom. The van der Waals surface area contributed by atoms with E-state index in [1.54, 1.807) is 0 Å². The molecular weight excluding hydrogens is 309 g/mol. The first-order valence-corrected chi connectivity index (χ1v) is 7.43. The van der Waals surface area contributed by atoms with Crippen molar-refractivity contribution in [1.29, 1.82) is 0 Å². The van der Waals surface area contributed by atoms with Gasteiger partial charge in [0.2, 0.25) is 0 Å². The first-order chi connectivity index (χ1) is 10.1. The summed E-state index contributed by atoms with van der Waals surface area (Å²) >= 11 is 11.7. The lowest BCUT2D eigenvalue weighted by molar-refractivity contribution is 0.102. The van der Waals surface area contributed by atoms with Crippen molar-refractivity contribution in [3.8, 4) is 0 Å². The third-order valence-corrected chi connectivity index (χ3v) is 3.66. The SMILES string of the molecule is CCc1cccc(CC)c1NC(=O)c1cc(Cl)nnc1Cl. The van der Waals surface area contributed by atoms with E-state index >= 15 is 0 Å². The van der Waals surface area contributed by atoms with Gasteiger partial charge in [0.05, 0.1) is 5.56 Å². The third kappa shape index (κ3) is 3.52. The highest BCUT2D eigenvalue weighted by Crippen LogP contribution is 2.24. The summed E-state index contributed by atoms with van der Waals surface area (Å²) in [6, 6.07) is 7.39. The molecule has 0 atom stereocenters. The summed E-state index contributed by atoms with van der Waals surface area (Å²) in [6.45, 7) is 4.09. The van der Waals surface area contributed by atoms with Gasteiger partial charge in [-0.25, -0.2) is 0 Å². The Kier molecular flexibility index (Phi) is 5.15. The highest BCUT2D eigenvalue weighted by molar-refractivity contribution is 6.34. The summed E-state index contributed by atoms with van der Waals surface area (Å²) in [7, 11) is 0. The maximum atomic E-state index is 12.4. The number of carbonyl (C=O) groups is 1. The average Bonchev–Trinajstić information content (AvgIpc) is 2.49. The lowest BCUT2D eigenvalue weighted by Gasteiger charge is -2.14. The Bertz CT molecular complexity index is 652. The smallest absolute Gasteiger partial charge is 0.258 e. The standard InChI is InChI=1S/C15H15Cl2N3O/c1-3-9-6-5-7-10(4-2)13(9)18-15(21)11-8-12(16)19-20-14(11)17/h5-8H,3-4H2,1-2H3,(H,18,21). The Morgan fingerprint density at radius 3 is 2.33 bits per heavy atom. The number of hydrogen-bond donors (Lipinski definition) is 1. The van der Waals surface area contributed by atoms with Crippen LogP contribution in [0.15, 0.2) is 24.3 Å². The second-order valence-corrected chi connectivity index (χ2v) is 5.23. The number of amides is 1. The summed E-state index contributed by atoms with van der Waals surface area (Å²) in [6.07, 6.45) is 1.65. The molecule has 0 saturated heterocycles. The fourth-order valence-electron chi connectivity index (χ4n) is 2.10. The van der Waals surface area contributed by atoms with Crippen LogP contribution in [0.25, 0.3) is 0 Å². The van der Waals surface area contributed by atoms with E-state index < -0.39 is 0 Å². The van der Waals surface area contributed by atoms with Crippen LogP contribution in [-0.2, 0) is 12.8 Å². The number of nitrogens with zero attached hydrogens (tertiary/aromatic N) is 2. The molecule has 0 bridgehead atoms. The minimum Gasteiger partial charge on any atom is -0.321 e. The van der Waals surface area contributed by atoms with Gasteiger partial charge in [0.25, 0.3) is 5.91 Å². The van der Waals surface area contributed by atoms with Crippen LogP contribution in [0.4, 0.5) is 5.69 Å². The van der Waals surface area contributed by atoms with E-state index in [1.165, 1.54) is 6.07 Å². The summed E-state index contributed by atoms with van der Waals surface area (Å²) in [5.41, 5.74) is 3.19. The van der Waals surface area contributed by atoms with Gasteiger partial charge >= 0.3 is 0 Å². The number of hydrogen-bond acceptors (Lipinski definition) is 3. The molecular formula is C15H15Cl2N3O. The molecule has 1 aromatic heterocycles. The van der Waals surface area contributed by atoms with Gasteiger partial charge in [0, 0.05) is 5.69 Å². The molecule has 1 amide bonds. The van der Waals surface area contributed by atoms with Gasteiger partial charge in [-0.15, -0.1) is 10.2 Å². The summed E-state index contributed by atoms with van der Waals surface area (Å²) in [4.78, 5) is 12.4. The van der Waals surface area contributed by atoms with Crippen LogP contribution in [0.1, 0.15) is 35.3 Å². The monoisotopic (exact) mass is 323 g/mol. The van der Waals surface area contributed by atoms with Crippen LogP contribution in [0.5, 0.6) is 0 Å². The van der Waals surface area contributed by atoms with E-state index in [0.717, 1.165) is 29.7 Å². The number of rotatable bonds is 4. The van der Waals surface area contributed by atoms with Gasteiger partial charge < -0.3 is 5.32 Å². The molecule has 0 aliphatic heterocycles. The van der Waals surface area contributed by atoms with E-state index in [4.69, 9.17) is 23.2 Å². The first-order valence-electron chi connectivity index (χ1n) is 6.67. The molecule has 1 aromatic carbocycles. The average molecular weight is 324 g/mol. The molecule has 1 heterocycles. The molecule has 0 spiro atoms. The molecule has 0 aliphatic rings. The van der Waals surface area contributed by atoms with E-state index in [2.05, 4.69) is 15.5 Å². The largest absolute Gasteiger partial charge is 0.321 e. The van der Waals surface area contributed by atoms with Crippen molar-refractivity contribution < 1.29 is 4.79 Å². The predicted molar refractivity (Wildman–Crippen MR) is 85.2 cm³/mol. The summed E-state index contributed by atoms with van der Waals surface area (Å²) in [5.74, 6) is -0.340. The van der Waals surface area contributed by atoms with Crippen molar-refractivity contribution in [2.24, 2.45) is 0 Å². The highest BCUT2D eigenvalue weighted by Gasteiger charge is 2.16. The van der Waals surface area contributed by atoms with E-state index in [1.807, 2.05) is 32.0 Å². The molecule has 6 heteroatoms. The molecule has 110 valence electrons. The molecule has 4 nitrogen and oxygen atoms in total. The second-order valence-electron chi connectivity index (χ2n) is 4.48. The van der Waals surface area contributed by atoms with Crippen molar-refractivity contribution in [1.82, 2.24) is 10.2 Å². The zero-order valence-electron chi connectivity index (χ0n) is 11.8. The van der Waals surface area contributed by atoms with Crippen LogP contribution >= 0.6 is 23.2 Å². The van der Waals surface area contributed by atoms with Crippen molar-refractivity contribution in [3.05, 3.63) is 51.3 Å². The number of aromatic nitrogens is 2. The molecule has 0 unspecified atom stereocenters. The molecule has 0 aliphatic carbocycles. The summed E-state index contributed by atoms with van der Waals surface area (Å²) < 4.78 is 0.